The predicted octanol–water partition coefficient (Wildman–Crippen LogP) is 4.72. The number of carbonyl (C=O) groups excluding carboxylic acids is 1. The number of carbonyl (C=O) groups is 1. The van der Waals surface area contributed by atoms with Crippen LogP contribution in [0.15, 0.2) is 30.3 Å². The number of phenols is 1. The molecule has 0 amide bonds. The lowest BCUT2D eigenvalue weighted by Gasteiger charge is -2.18. The minimum Gasteiger partial charge on any atom is -0.506 e. The molecule has 0 aliphatic heterocycles. The van der Waals surface area contributed by atoms with Gasteiger partial charge in [-0.05, 0) is 23.8 Å². The molecule has 0 aliphatic carbocycles. The number of benzene rings is 2. The van der Waals surface area contributed by atoms with Gasteiger partial charge in [-0.3, -0.25) is 4.79 Å². The van der Waals surface area contributed by atoms with Crippen molar-refractivity contribution in [1.29, 1.82) is 0 Å². The molecular formula is C20H23ClF3NO4. The van der Waals surface area contributed by atoms with E-state index in [9.17, 15) is 23.1 Å². The fraction of sp³-hybridized carbons (Fsp3) is 0.350. The molecule has 0 atom stereocenters. The number of rotatable bonds is 7. The molecule has 2 aromatic rings. The summed E-state index contributed by atoms with van der Waals surface area (Å²) in [4.78, 5) is 12.1. The summed E-state index contributed by atoms with van der Waals surface area (Å²) in [6, 6.07) is 7.16. The summed E-state index contributed by atoms with van der Waals surface area (Å²) < 4.78 is 51.1. The maximum Gasteiger partial charge on any atom is 0.423 e. The van der Waals surface area contributed by atoms with Gasteiger partial charge in [0, 0.05) is 18.0 Å². The molecule has 160 valence electrons. The van der Waals surface area contributed by atoms with Crippen LogP contribution >= 0.6 is 12.4 Å². The van der Waals surface area contributed by atoms with Crippen molar-refractivity contribution >= 4 is 18.2 Å². The average Bonchev–Trinajstić information content (AvgIpc) is 2.64. The van der Waals surface area contributed by atoms with E-state index in [4.69, 9.17) is 15.2 Å². The van der Waals surface area contributed by atoms with Crippen molar-refractivity contribution in [2.75, 3.05) is 7.11 Å². The molecule has 5 nitrogen and oxygen atoms in total. The van der Waals surface area contributed by atoms with Gasteiger partial charge in [-0.25, -0.2) is 0 Å². The molecule has 29 heavy (non-hydrogen) atoms. The smallest absolute Gasteiger partial charge is 0.423 e. The van der Waals surface area contributed by atoms with Gasteiger partial charge < -0.3 is 20.3 Å². The van der Waals surface area contributed by atoms with Gasteiger partial charge >= 0.3 is 6.18 Å². The minimum absolute atomic E-state index is 0. The summed E-state index contributed by atoms with van der Waals surface area (Å²) in [6.45, 7) is 3.14. The van der Waals surface area contributed by atoms with Crippen molar-refractivity contribution in [2.45, 2.75) is 33.2 Å². The number of Topliss-reactive ketones (excluding diaryl/α,β-unsaturated/α-hetero) is 1. The summed E-state index contributed by atoms with van der Waals surface area (Å²) >= 11 is 0. The van der Waals surface area contributed by atoms with Crippen LogP contribution in [0.1, 0.15) is 40.9 Å². The highest BCUT2D eigenvalue weighted by atomic mass is 35.5. The van der Waals surface area contributed by atoms with Crippen LogP contribution in [0.25, 0.3) is 0 Å². The Bertz CT molecular complexity index is 870. The molecule has 2 aromatic carbocycles. The van der Waals surface area contributed by atoms with Crippen molar-refractivity contribution in [2.24, 2.45) is 11.7 Å². The Kier molecular flexibility index (Phi) is 8.35. The predicted molar refractivity (Wildman–Crippen MR) is 105 cm³/mol. The van der Waals surface area contributed by atoms with E-state index in [0.717, 1.165) is 17.7 Å². The van der Waals surface area contributed by atoms with Gasteiger partial charge in [0.05, 0.1) is 12.7 Å². The highest BCUT2D eigenvalue weighted by Crippen LogP contribution is 2.44. The molecule has 0 aromatic heterocycles. The van der Waals surface area contributed by atoms with E-state index in [1.165, 1.54) is 21.0 Å². The normalized spacial score (nSPS) is 11.2. The zero-order valence-electron chi connectivity index (χ0n) is 16.2. The van der Waals surface area contributed by atoms with Gasteiger partial charge in [-0.1, -0.05) is 26.0 Å². The molecule has 3 N–H and O–H groups in total. The maximum absolute atomic E-state index is 13.5. The highest BCUT2D eigenvalue weighted by molar-refractivity contribution is 6.00. The van der Waals surface area contributed by atoms with E-state index in [1.54, 1.807) is 18.2 Å². The summed E-state index contributed by atoms with van der Waals surface area (Å²) in [5.74, 6) is -2.34. The van der Waals surface area contributed by atoms with E-state index in [2.05, 4.69) is 0 Å². The molecule has 0 radical (unpaired) electrons. The van der Waals surface area contributed by atoms with E-state index in [-0.39, 0.29) is 31.1 Å². The summed E-state index contributed by atoms with van der Waals surface area (Å²) in [5, 5.41) is 10.1. The van der Waals surface area contributed by atoms with E-state index in [0.29, 0.717) is 11.3 Å². The molecule has 0 aliphatic rings. The SMILES string of the molecule is COc1cc(COc2ccc(C(=O)C(C)C)c(O)c2C(F)(F)F)ccc1CN.Cl. The van der Waals surface area contributed by atoms with Crippen molar-refractivity contribution in [3.8, 4) is 17.2 Å². The second kappa shape index (κ2) is 9.84. The van der Waals surface area contributed by atoms with Gasteiger partial charge in [0.2, 0.25) is 0 Å². The zero-order valence-corrected chi connectivity index (χ0v) is 17.0. The van der Waals surface area contributed by atoms with Crippen LogP contribution < -0.4 is 15.2 Å². The highest BCUT2D eigenvalue weighted by Gasteiger charge is 2.39. The van der Waals surface area contributed by atoms with Crippen LogP contribution in [0.4, 0.5) is 13.2 Å². The van der Waals surface area contributed by atoms with Gasteiger partial charge in [0.1, 0.15) is 29.4 Å². The second-order valence-electron chi connectivity index (χ2n) is 6.49. The first kappa shape index (κ1) is 24.6. The topological polar surface area (TPSA) is 81.8 Å². The quantitative estimate of drug-likeness (QED) is 0.617. The Balaban J connectivity index is 0.00000420. The van der Waals surface area contributed by atoms with Crippen molar-refractivity contribution in [3.63, 3.8) is 0 Å². The lowest BCUT2D eigenvalue weighted by atomic mass is 9.97. The third kappa shape index (κ3) is 5.55. The number of hydrogen-bond acceptors (Lipinski definition) is 5. The lowest BCUT2D eigenvalue weighted by molar-refractivity contribution is -0.140. The number of hydrogen-bond donors (Lipinski definition) is 2. The van der Waals surface area contributed by atoms with Crippen LogP contribution in [0.5, 0.6) is 17.2 Å². The molecule has 9 heteroatoms. The van der Waals surface area contributed by atoms with Gasteiger partial charge in [-0.2, -0.15) is 13.2 Å². The van der Waals surface area contributed by atoms with Crippen LogP contribution in [-0.2, 0) is 19.3 Å². The summed E-state index contributed by atoms with van der Waals surface area (Å²) in [7, 11) is 1.46. The second-order valence-corrected chi connectivity index (χ2v) is 6.49. The molecule has 0 heterocycles. The Hall–Kier alpha value is -2.45. The van der Waals surface area contributed by atoms with Crippen LogP contribution in [0.2, 0.25) is 0 Å². The molecule has 0 saturated carbocycles. The number of halogens is 4. The van der Waals surface area contributed by atoms with Crippen LogP contribution in [-0.4, -0.2) is 18.0 Å². The Labute approximate surface area is 173 Å². The van der Waals surface area contributed by atoms with Gasteiger partial charge in [0.25, 0.3) is 0 Å². The van der Waals surface area contributed by atoms with Crippen molar-refractivity contribution < 1.29 is 32.5 Å². The Morgan fingerprint density at radius 1 is 1.17 bits per heavy atom. The third-order valence-electron chi connectivity index (χ3n) is 4.18. The summed E-state index contributed by atoms with van der Waals surface area (Å²) in [6.07, 6.45) is -4.90. The van der Waals surface area contributed by atoms with Crippen molar-refractivity contribution in [3.05, 3.63) is 52.6 Å². The molecule has 0 spiro atoms. The maximum atomic E-state index is 13.5. The van der Waals surface area contributed by atoms with E-state index >= 15 is 0 Å². The number of phenolic OH excluding ortho intramolecular Hbond substituents is 1. The molecule has 0 saturated heterocycles. The monoisotopic (exact) mass is 433 g/mol. The average molecular weight is 434 g/mol. The molecule has 0 bridgehead atoms. The minimum atomic E-state index is -4.90. The first-order valence-electron chi connectivity index (χ1n) is 8.56. The van der Waals surface area contributed by atoms with Crippen LogP contribution in [0, 0.1) is 5.92 Å². The first-order valence-corrected chi connectivity index (χ1v) is 8.56. The zero-order chi connectivity index (χ0) is 21.1. The number of nitrogens with two attached hydrogens (primary N) is 1. The Morgan fingerprint density at radius 2 is 1.83 bits per heavy atom. The molecule has 0 fully saturated rings. The lowest BCUT2D eigenvalue weighted by Crippen LogP contribution is -2.14. The van der Waals surface area contributed by atoms with E-state index in [1.807, 2.05) is 0 Å². The number of ketones is 1. The fourth-order valence-electron chi connectivity index (χ4n) is 2.69. The number of ether oxygens (including phenoxy) is 2. The molecule has 2 rings (SSSR count). The fourth-order valence-corrected chi connectivity index (χ4v) is 2.69. The third-order valence-corrected chi connectivity index (χ3v) is 4.18. The summed E-state index contributed by atoms with van der Waals surface area (Å²) in [5.41, 5.74) is 5.14. The molecular weight excluding hydrogens is 411 g/mol. The standard InChI is InChI=1S/C20H22F3NO4.ClH/c1-11(2)18(25)14-6-7-15(17(19(14)26)20(21,22)23)28-10-12-4-5-13(9-24)16(8-12)27-3;/h4-8,11,26H,9-10,24H2,1-3H3;1H. The number of methoxy groups -OCH3 is 1. The van der Waals surface area contributed by atoms with Gasteiger partial charge in [-0.15, -0.1) is 12.4 Å². The number of alkyl halides is 3. The number of aromatic hydroxyl groups is 1. The van der Waals surface area contributed by atoms with Crippen LogP contribution in [0.3, 0.4) is 0 Å². The first-order chi connectivity index (χ1) is 13.1. The molecule has 0 unspecified atom stereocenters. The Morgan fingerprint density at radius 3 is 2.34 bits per heavy atom. The van der Waals surface area contributed by atoms with Crippen molar-refractivity contribution in [1.82, 2.24) is 0 Å². The van der Waals surface area contributed by atoms with E-state index < -0.39 is 34.9 Å². The van der Waals surface area contributed by atoms with Gasteiger partial charge in [0.15, 0.2) is 5.78 Å². The largest absolute Gasteiger partial charge is 0.506 e.